The van der Waals surface area contributed by atoms with Gasteiger partial charge in [-0.1, -0.05) is 0 Å². The average Bonchev–Trinajstić information content (AvgIpc) is 1.82. The zero-order chi connectivity index (χ0) is 7.28. The monoisotopic (exact) mass is 134 g/mol. The standard InChI is InChI=1S/C6H14O3/c1-3-9-6(4-7)5(2)8/h5-8H,3-4H2,1-2H3/t5-,6+/m0/s1. The maximum atomic E-state index is 8.86. The molecule has 0 aliphatic carbocycles. The van der Waals surface area contributed by atoms with Crippen LogP contribution in [0, 0.1) is 0 Å². The molecule has 0 unspecified atom stereocenters. The molecule has 0 aromatic heterocycles. The van der Waals surface area contributed by atoms with Crippen LogP contribution in [-0.4, -0.2) is 35.6 Å². The fraction of sp³-hybridized carbons (Fsp3) is 1.00. The van der Waals surface area contributed by atoms with Gasteiger partial charge in [0.2, 0.25) is 0 Å². The number of rotatable bonds is 4. The molecule has 0 aliphatic rings. The molecule has 0 bridgehead atoms. The van der Waals surface area contributed by atoms with E-state index in [2.05, 4.69) is 0 Å². The van der Waals surface area contributed by atoms with Crippen molar-refractivity contribution in [3.8, 4) is 0 Å². The van der Waals surface area contributed by atoms with Crippen molar-refractivity contribution in [3.05, 3.63) is 0 Å². The van der Waals surface area contributed by atoms with Gasteiger partial charge in [-0.3, -0.25) is 0 Å². The van der Waals surface area contributed by atoms with Crippen LogP contribution in [0.4, 0.5) is 0 Å². The predicted octanol–water partition coefficient (Wildman–Crippen LogP) is -0.235. The molecule has 2 N–H and O–H groups in total. The molecule has 9 heavy (non-hydrogen) atoms. The van der Waals surface area contributed by atoms with E-state index in [0.717, 1.165) is 0 Å². The minimum absolute atomic E-state index is 0.120. The molecule has 0 aliphatic heterocycles. The van der Waals surface area contributed by atoms with E-state index in [1.165, 1.54) is 0 Å². The van der Waals surface area contributed by atoms with Crippen molar-refractivity contribution < 1.29 is 14.9 Å². The van der Waals surface area contributed by atoms with Gasteiger partial charge in [0.15, 0.2) is 0 Å². The molecule has 0 rings (SSSR count). The molecule has 0 fully saturated rings. The molecule has 0 amide bonds. The summed E-state index contributed by atoms with van der Waals surface area (Å²) in [6.45, 7) is 3.82. The Morgan fingerprint density at radius 2 is 2.11 bits per heavy atom. The first-order valence-electron chi connectivity index (χ1n) is 3.12. The van der Waals surface area contributed by atoms with Crippen molar-refractivity contribution in [1.29, 1.82) is 0 Å². The van der Waals surface area contributed by atoms with E-state index in [1.807, 2.05) is 6.92 Å². The summed E-state index contributed by atoms with van der Waals surface area (Å²) >= 11 is 0. The number of ether oxygens (including phenoxy) is 1. The lowest BCUT2D eigenvalue weighted by molar-refractivity contribution is -0.0515. The van der Waals surface area contributed by atoms with E-state index in [1.54, 1.807) is 6.92 Å². The first kappa shape index (κ1) is 8.88. The van der Waals surface area contributed by atoms with Crippen LogP contribution in [0.3, 0.4) is 0 Å². The number of aliphatic hydroxyl groups excluding tert-OH is 2. The molecule has 0 saturated heterocycles. The Bertz CT molecular complexity index is 63.3. The molecule has 3 heteroatoms. The van der Waals surface area contributed by atoms with Gasteiger partial charge < -0.3 is 14.9 Å². The molecule has 0 heterocycles. The lowest BCUT2D eigenvalue weighted by Gasteiger charge is -2.16. The number of aliphatic hydroxyl groups is 2. The molecule has 0 saturated carbocycles. The molecule has 0 spiro atoms. The highest BCUT2D eigenvalue weighted by Gasteiger charge is 2.11. The Hall–Kier alpha value is -0.120. The van der Waals surface area contributed by atoms with Crippen LogP contribution in [0.2, 0.25) is 0 Å². The van der Waals surface area contributed by atoms with Crippen molar-refractivity contribution in [2.45, 2.75) is 26.1 Å². The first-order chi connectivity index (χ1) is 4.22. The molecule has 0 aromatic carbocycles. The highest BCUT2D eigenvalue weighted by atomic mass is 16.5. The van der Waals surface area contributed by atoms with Crippen LogP contribution in [0.25, 0.3) is 0 Å². The van der Waals surface area contributed by atoms with E-state index in [9.17, 15) is 0 Å². The third-order valence-corrected chi connectivity index (χ3v) is 1.10. The molecule has 0 radical (unpaired) electrons. The van der Waals surface area contributed by atoms with E-state index in [-0.39, 0.29) is 6.61 Å². The summed E-state index contributed by atoms with van der Waals surface area (Å²) in [5.41, 5.74) is 0. The van der Waals surface area contributed by atoms with Crippen molar-refractivity contribution >= 4 is 0 Å². The van der Waals surface area contributed by atoms with Gasteiger partial charge >= 0.3 is 0 Å². The summed E-state index contributed by atoms with van der Waals surface area (Å²) < 4.78 is 4.95. The van der Waals surface area contributed by atoms with Gasteiger partial charge in [0.1, 0.15) is 6.10 Å². The lowest BCUT2D eigenvalue weighted by Crippen LogP contribution is -2.29. The Kier molecular flexibility index (Phi) is 4.67. The normalized spacial score (nSPS) is 17.3. The van der Waals surface area contributed by atoms with E-state index < -0.39 is 12.2 Å². The fourth-order valence-electron chi connectivity index (χ4n) is 0.559. The topological polar surface area (TPSA) is 49.7 Å². The van der Waals surface area contributed by atoms with Crippen LogP contribution in [-0.2, 0) is 4.74 Å². The van der Waals surface area contributed by atoms with Gasteiger partial charge in [0.05, 0.1) is 12.7 Å². The summed E-state index contributed by atoms with van der Waals surface area (Å²) in [6, 6.07) is 0. The third kappa shape index (κ3) is 3.46. The third-order valence-electron chi connectivity index (χ3n) is 1.10. The Morgan fingerprint density at radius 1 is 1.56 bits per heavy atom. The highest BCUT2D eigenvalue weighted by molar-refractivity contribution is 4.61. The van der Waals surface area contributed by atoms with Crippen LogP contribution in [0.15, 0.2) is 0 Å². The van der Waals surface area contributed by atoms with E-state index in [0.29, 0.717) is 6.61 Å². The first-order valence-corrected chi connectivity index (χ1v) is 3.12. The Morgan fingerprint density at radius 3 is 2.22 bits per heavy atom. The zero-order valence-electron chi connectivity index (χ0n) is 5.87. The van der Waals surface area contributed by atoms with Gasteiger partial charge in [-0.25, -0.2) is 0 Å². The Balaban J connectivity index is 3.41. The zero-order valence-corrected chi connectivity index (χ0v) is 5.87. The average molecular weight is 134 g/mol. The van der Waals surface area contributed by atoms with Gasteiger partial charge in [-0.2, -0.15) is 0 Å². The Labute approximate surface area is 55.3 Å². The van der Waals surface area contributed by atoms with E-state index in [4.69, 9.17) is 14.9 Å². The molecular formula is C6H14O3. The SMILES string of the molecule is CCO[C@H](CO)[C@H](C)O. The van der Waals surface area contributed by atoms with Crippen LogP contribution < -0.4 is 0 Å². The summed E-state index contributed by atoms with van der Waals surface area (Å²) in [4.78, 5) is 0. The largest absolute Gasteiger partial charge is 0.394 e. The molecular weight excluding hydrogens is 120 g/mol. The smallest absolute Gasteiger partial charge is 0.106 e. The minimum Gasteiger partial charge on any atom is -0.394 e. The molecule has 3 nitrogen and oxygen atoms in total. The van der Waals surface area contributed by atoms with Crippen LogP contribution in [0.5, 0.6) is 0 Å². The van der Waals surface area contributed by atoms with Crippen LogP contribution >= 0.6 is 0 Å². The lowest BCUT2D eigenvalue weighted by atomic mass is 10.2. The van der Waals surface area contributed by atoms with Crippen molar-refractivity contribution in [2.75, 3.05) is 13.2 Å². The summed E-state index contributed by atoms with van der Waals surface area (Å²) in [6.07, 6.45) is -1.01. The number of hydrogen-bond donors (Lipinski definition) is 2. The molecule has 56 valence electrons. The van der Waals surface area contributed by atoms with Crippen molar-refractivity contribution in [2.24, 2.45) is 0 Å². The van der Waals surface area contributed by atoms with Gasteiger partial charge in [-0.05, 0) is 13.8 Å². The van der Waals surface area contributed by atoms with Gasteiger partial charge in [0.25, 0.3) is 0 Å². The molecule has 2 atom stereocenters. The van der Waals surface area contributed by atoms with Gasteiger partial charge in [0, 0.05) is 6.61 Å². The van der Waals surface area contributed by atoms with Crippen molar-refractivity contribution in [3.63, 3.8) is 0 Å². The minimum atomic E-state index is -0.588. The highest BCUT2D eigenvalue weighted by Crippen LogP contribution is 1.96. The predicted molar refractivity (Wildman–Crippen MR) is 34.2 cm³/mol. The fourth-order valence-corrected chi connectivity index (χ4v) is 0.559. The maximum Gasteiger partial charge on any atom is 0.106 e. The summed E-state index contributed by atoms with van der Waals surface area (Å²) in [5, 5.41) is 17.4. The molecule has 0 aromatic rings. The quantitative estimate of drug-likeness (QED) is 0.558. The number of hydrogen-bond acceptors (Lipinski definition) is 3. The van der Waals surface area contributed by atoms with Crippen LogP contribution in [0.1, 0.15) is 13.8 Å². The maximum absolute atomic E-state index is 8.86. The second-order valence-electron chi connectivity index (χ2n) is 1.92. The summed E-state index contributed by atoms with van der Waals surface area (Å²) in [5.74, 6) is 0. The second kappa shape index (κ2) is 4.73. The summed E-state index contributed by atoms with van der Waals surface area (Å²) in [7, 11) is 0. The van der Waals surface area contributed by atoms with Gasteiger partial charge in [-0.15, -0.1) is 0 Å². The second-order valence-corrected chi connectivity index (χ2v) is 1.92. The van der Waals surface area contributed by atoms with Crippen molar-refractivity contribution in [1.82, 2.24) is 0 Å². The van der Waals surface area contributed by atoms with E-state index >= 15 is 0 Å².